The van der Waals surface area contributed by atoms with Gasteiger partial charge in [-0.3, -0.25) is 9.69 Å². The number of rotatable bonds is 5. The SMILES string of the molecule is Cc1cc(/C=N/NC(=O)CN2CCCC2)c(C)n1-c1ccc(Cl)cc1. The first-order valence-electron chi connectivity index (χ1n) is 8.54. The molecule has 0 unspecified atom stereocenters. The number of carbonyl (C=O) groups excluding carboxylic acids is 1. The molecular formula is C19H23ClN4O. The summed E-state index contributed by atoms with van der Waals surface area (Å²) in [5.41, 5.74) is 6.83. The van der Waals surface area contributed by atoms with Crippen LogP contribution >= 0.6 is 11.6 Å². The minimum Gasteiger partial charge on any atom is -0.318 e. The minimum atomic E-state index is -0.0651. The van der Waals surface area contributed by atoms with E-state index in [1.54, 1.807) is 6.21 Å². The summed E-state index contributed by atoms with van der Waals surface area (Å²) in [7, 11) is 0. The Balaban J connectivity index is 1.67. The van der Waals surface area contributed by atoms with Crippen LogP contribution in [0.15, 0.2) is 35.4 Å². The predicted octanol–water partition coefficient (Wildman–Crippen LogP) is 3.29. The molecule has 1 amide bonds. The molecule has 132 valence electrons. The molecular weight excluding hydrogens is 336 g/mol. The van der Waals surface area contributed by atoms with Gasteiger partial charge in [0.05, 0.1) is 12.8 Å². The summed E-state index contributed by atoms with van der Waals surface area (Å²) in [4.78, 5) is 14.1. The summed E-state index contributed by atoms with van der Waals surface area (Å²) < 4.78 is 2.14. The maximum Gasteiger partial charge on any atom is 0.254 e. The Kier molecular flexibility index (Phi) is 5.56. The van der Waals surface area contributed by atoms with Crippen LogP contribution < -0.4 is 5.43 Å². The van der Waals surface area contributed by atoms with Gasteiger partial charge in [-0.15, -0.1) is 0 Å². The van der Waals surface area contributed by atoms with E-state index in [0.29, 0.717) is 11.6 Å². The molecule has 1 saturated heterocycles. The van der Waals surface area contributed by atoms with Crippen LogP contribution in [0.4, 0.5) is 0 Å². The maximum atomic E-state index is 11.9. The molecule has 1 aliphatic heterocycles. The first kappa shape index (κ1) is 17.7. The molecule has 0 atom stereocenters. The van der Waals surface area contributed by atoms with E-state index in [-0.39, 0.29) is 5.91 Å². The van der Waals surface area contributed by atoms with Crippen LogP contribution in [-0.2, 0) is 4.79 Å². The fourth-order valence-electron chi connectivity index (χ4n) is 3.26. The molecule has 1 N–H and O–H groups in total. The highest BCUT2D eigenvalue weighted by Crippen LogP contribution is 2.21. The van der Waals surface area contributed by atoms with Gasteiger partial charge < -0.3 is 4.57 Å². The van der Waals surface area contributed by atoms with Crippen molar-refractivity contribution in [2.24, 2.45) is 5.10 Å². The summed E-state index contributed by atoms with van der Waals surface area (Å²) in [6.45, 7) is 6.50. The van der Waals surface area contributed by atoms with Gasteiger partial charge >= 0.3 is 0 Å². The minimum absolute atomic E-state index is 0.0651. The highest BCUT2D eigenvalue weighted by Gasteiger charge is 2.14. The second kappa shape index (κ2) is 7.85. The van der Waals surface area contributed by atoms with Crippen LogP contribution in [-0.4, -0.2) is 41.2 Å². The summed E-state index contributed by atoms with van der Waals surface area (Å²) in [6, 6.07) is 9.78. The number of aromatic nitrogens is 1. The van der Waals surface area contributed by atoms with Crippen molar-refractivity contribution in [1.29, 1.82) is 0 Å². The van der Waals surface area contributed by atoms with E-state index >= 15 is 0 Å². The largest absolute Gasteiger partial charge is 0.318 e. The molecule has 0 bridgehead atoms. The van der Waals surface area contributed by atoms with Crippen molar-refractivity contribution in [2.45, 2.75) is 26.7 Å². The standard InChI is InChI=1S/C19H23ClN4O/c1-14-11-16(12-21-22-19(25)13-23-9-3-4-10-23)15(2)24(14)18-7-5-17(20)6-8-18/h5-8,11-12H,3-4,9-10,13H2,1-2H3,(H,22,25)/b21-12+. The number of carbonyl (C=O) groups is 1. The number of hydrogen-bond acceptors (Lipinski definition) is 3. The Hall–Kier alpha value is -2.11. The topological polar surface area (TPSA) is 49.6 Å². The quantitative estimate of drug-likeness (QED) is 0.658. The third-order valence-corrected chi connectivity index (χ3v) is 4.77. The Morgan fingerprint density at radius 2 is 1.92 bits per heavy atom. The summed E-state index contributed by atoms with van der Waals surface area (Å²) in [5.74, 6) is -0.0651. The molecule has 3 rings (SSSR count). The maximum absolute atomic E-state index is 11.9. The van der Waals surface area contributed by atoms with Crippen molar-refractivity contribution in [1.82, 2.24) is 14.9 Å². The fourth-order valence-corrected chi connectivity index (χ4v) is 3.38. The summed E-state index contributed by atoms with van der Waals surface area (Å²) in [6.07, 6.45) is 4.05. The molecule has 2 aromatic rings. The molecule has 0 spiro atoms. The number of amides is 1. The highest BCUT2D eigenvalue weighted by molar-refractivity contribution is 6.30. The van der Waals surface area contributed by atoms with Gasteiger partial charge in [0, 0.05) is 27.7 Å². The first-order chi connectivity index (χ1) is 12.0. The average molecular weight is 359 g/mol. The van der Waals surface area contributed by atoms with Crippen LogP contribution in [0, 0.1) is 13.8 Å². The normalized spacial score (nSPS) is 15.2. The van der Waals surface area contributed by atoms with Gasteiger partial charge in [0.2, 0.25) is 0 Å². The molecule has 1 aromatic heterocycles. The van der Waals surface area contributed by atoms with Gasteiger partial charge in [0.25, 0.3) is 5.91 Å². The zero-order chi connectivity index (χ0) is 17.8. The van der Waals surface area contributed by atoms with Crippen molar-refractivity contribution >= 4 is 23.7 Å². The number of nitrogens with one attached hydrogen (secondary N) is 1. The number of hydrazone groups is 1. The summed E-state index contributed by atoms with van der Waals surface area (Å²) >= 11 is 5.97. The van der Waals surface area contributed by atoms with Crippen LogP contribution in [0.25, 0.3) is 5.69 Å². The number of likely N-dealkylation sites (tertiary alicyclic amines) is 1. The van der Waals surface area contributed by atoms with Gasteiger partial charge in [0.15, 0.2) is 0 Å². The Morgan fingerprint density at radius 1 is 1.24 bits per heavy atom. The Bertz CT molecular complexity index is 773. The Labute approximate surface area is 153 Å². The zero-order valence-corrected chi connectivity index (χ0v) is 15.4. The third kappa shape index (κ3) is 4.30. The molecule has 1 aliphatic rings. The Morgan fingerprint density at radius 3 is 2.60 bits per heavy atom. The molecule has 0 aliphatic carbocycles. The van der Waals surface area contributed by atoms with Crippen LogP contribution in [0.3, 0.4) is 0 Å². The first-order valence-corrected chi connectivity index (χ1v) is 8.91. The van der Waals surface area contributed by atoms with E-state index < -0.39 is 0 Å². The third-order valence-electron chi connectivity index (χ3n) is 4.51. The molecule has 2 heterocycles. The van der Waals surface area contributed by atoms with Crippen LogP contribution in [0.5, 0.6) is 0 Å². The lowest BCUT2D eigenvalue weighted by Crippen LogP contribution is -2.33. The lowest BCUT2D eigenvalue weighted by molar-refractivity contribution is -0.121. The van der Waals surface area contributed by atoms with Crippen LogP contribution in [0.1, 0.15) is 29.8 Å². The lowest BCUT2D eigenvalue weighted by Gasteiger charge is -2.12. The molecule has 1 fully saturated rings. The van der Waals surface area contributed by atoms with E-state index in [1.165, 1.54) is 12.8 Å². The zero-order valence-electron chi connectivity index (χ0n) is 14.6. The van der Waals surface area contributed by atoms with Crippen molar-refractivity contribution in [3.8, 4) is 5.69 Å². The number of nitrogens with zero attached hydrogens (tertiary/aromatic N) is 3. The lowest BCUT2D eigenvalue weighted by atomic mass is 10.2. The van der Waals surface area contributed by atoms with Gasteiger partial charge in [0.1, 0.15) is 0 Å². The molecule has 0 saturated carbocycles. The molecule has 25 heavy (non-hydrogen) atoms. The average Bonchev–Trinajstić information content (AvgIpc) is 3.17. The van der Waals surface area contributed by atoms with Gasteiger partial charge in [-0.2, -0.15) is 5.10 Å². The number of halogens is 1. The van der Waals surface area contributed by atoms with Crippen molar-refractivity contribution in [3.63, 3.8) is 0 Å². The molecule has 1 aromatic carbocycles. The van der Waals surface area contributed by atoms with Crippen molar-refractivity contribution < 1.29 is 4.79 Å². The smallest absolute Gasteiger partial charge is 0.254 e. The van der Waals surface area contributed by atoms with Crippen molar-refractivity contribution in [3.05, 3.63) is 52.3 Å². The predicted molar refractivity (Wildman–Crippen MR) is 102 cm³/mol. The van der Waals surface area contributed by atoms with E-state index in [0.717, 1.165) is 35.7 Å². The molecule has 0 radical (unpaired) electrons. The highest BCUT2D eigenvalue weighted by atomic mass is 35.5. The van der Waals surface area contributed by atoms with Gasteiger partial charge in [-0.1, -0.05) is 11.6 Å². The monoisotopic (exact) mass is 358 g/mol. The number of hydrogen-bond donors (Lipinski definition) is 1. The van der Waals surface area contributed by atoms with E-state index in [9.17, 15) is 4.79 Å². The molecule has 5 nitrogen and oxygen atoms in total. The van der Waals surface area contributed by atoms with Crippen LogP contribution in [0.2, 0.25) is 5.02 Å². The van der Waals surface area contributed by atoms with Gasteiger partial charge in [-0.25, -0.2) is 5.43 Å². The van der Waals surface area contributed by atoms with E-state index in [4.69, 9.17) is 11.6 Å². The number of aryl methyl sites for hydroxylation is 1. The molecule has 6 heteroatoms. The second-order valence-corrected chi connectivity index (χ2v) is 6.85. The number of benzene rings is 1. The van der Waals surface area contributed by atoms with E-state index in [2.05, 4.69) is 26.1 Å². The van der Waals surface area contributed by atoms with Crippen molar-refractivity contribution in [2.75, 3.05) is 19.6 Å². The van der Waals surface area contributed by atoms with E-state index in [1.807, 2.05) is 38.1 Å². The second-order valence-electron chi connectivity index (χ2n) is 6.41. The fraction of sp³-hybridized carbons (Fsp3) is 0.368. The summed E-state index contributed by atoms with van der Waals surface area (Å²) in [5, 5.41) is 4.84. The van der Waals surface area contributed by atoms with Gasteiger partial charge in [-0.05, 0) is 70.1 Å².